The summed E-state index contributed by atoms with van der Waals surface area (Å²) < 4.78 is 0. The third kappa shape index (κ3) is 12.5. The average molecular weight is 249 g/mol. The Morgan fingerprint density at radius 1 is 1.17 bits per heavy atom. The molecule has 0 aromatic carbocycles. The molecule has 0 saturated carbocycles. The van der Waals surface area contributed by atoms with Crippen LogP contribution in [0.15, 0.2) is 48.6 Å². The van der Waals surface area contributed by atoms with Gasteiger partial charge in [0.15, 0.2) is 0 Å². The van der Waals surface area contributed by atoms with Crippen molar-refractivity contribution in [3.05, 3.63) is 48.6 Å². The first-order valence-electron chi connectivity index (χ1n) is 6.29. The maximum Gasteiger partial charge on any atom is 0.244 e. The third-order valence-electron chi connectivity index (χ3n) is 1.97. The fraction of sp³-hybridized carbons (Fsp3) is 0.400. The Labute approximate surface area is 110 Å². The molecule has 0 aromatic heterocycles. The smallest absolute Gasteiger partial charge is 0.244 e. The summed E-state index contributed by atoms with van der Waals surface area (Å²) in [6.45, 7) is 4.04. The van der Waals surface area contributed by atoms with E-state index < -0.39 is 6.10 Å². The Balaban J connectivity index is 3.77. The number of aliphatic hydroxyl groups is 1. The lowest BCUT2D eigenvalue weighted by Crippen LogP contribution is -2.28. The van der Waals surface area contributed by atoms with E-state index in [1.807, 2.05) is 24.3 Å². The number of amides is 1. The molecule has 0 aliphatic heterocycles. The van der Waals surface area contributed by atoms with Crippen LogP contribution >= 0.6 is 0 Å². The molecule has 2 N–H and O–H groups in total. The number of unbranched alkanes of at least 4 members (excludes halogenated alkanes) is 1. The molecule has 0 heterocycles. The summed E-state index contributed by atoms with van der Waals surface area (Å²) in [5, 5.41) is 11.5. The van der Waals surface area contributed by atoms with Crippen molar-refractivity contribution in [2.45, 2.75) is 32.8 Å². The molecule has 0 spiro atoms. The number of rotatable bonds is 8. The van der Waals surface area contributed by atoms with Crippen molar-refractivity contribution in [2.75, 3.05) is 6.54 Å². The molecule has 1 amide bonds. The van der Waals surface area contributed by atoms with E-state index in [2.05, 4.69) is 18.3 Å². The topological polar surface area (TPSA) is 49.3 Å². The van der Waals surface area contributed by atoms with Crippen molar-refractivity contribution in [3.63, 3.8) is 0 Å². The van der Waals surface area contributed by atoms with Gasteiger partial charge < -0.3 is 10.4 Å². The fourth-order valence-corrected chi connectivity index (χ4v) is 1.05. The van der Waals surface area contributed by atoms with Gasteiger partial charge in [-0.1, -0.05) is 55.9 Å². The number of allylic oxidation sites excluding steroid dienone is 7. The second-order valence-corrected chi connectivity index (χ2v) is 3.94. The molecule has 0 aromatic rings. The molecule has 18 heavy (non-hydrogen) atoms. The van der Waals surface area contributed by atoms with E-state index >= 15 is 0 Å². The van der Waals surface area contributed by atoms with E-state index in [9.17, 15) is 4.79 Å². The molecule has 0 aliphatic carbocycles. The number of carbonyl (C=O) groups excluding carboxylic acids is 1. The molecule has 0 rings (SSSR count). The molecule has 1 atom stereocenters. The summed E-state index contributed by atoms with van der Waals surface area (Å²) in [6, 6.07) is 0. The van der Waals surface area contributed by atoms with Crippen LogP contribution in [0.3, 0.4) is 0 Å². The lowest BCUT2D eigenvalue weighted by atomic mass is 10.3. The van der Waals surface area contributed by atoms with Crippen LogP contribution in [0.2, 0.25) is 0 Å². The van der Waals surface area contributed by atoms with Gasteiger partial charge in [-0.2, -0.15) is 0 Å². The Morgan fingerprint density at radius 2 is 1.78 bits per heavy atom. The molecule has 3 heteroatoms. The minimum atomic E-state index is -0.518. The Bertz CT molecular complexity index is 325. The number of nitrogens with one attached hydrogen (secondary N) is 1. The van der Waals surface area contributed by atoms with Crippen molar-refractivity contribution in [2.24, 2.45) is 0 Å². The quantitative estimate of drug-likeness (QED) is 0.513. The monoisotopic (exact) mass is 249 g/mol. The average Bonchev–Trinajstić information content (AvgIpc) is 2.34. The first kappa shape index (κ1) is 16.4. The van der Waals surface area contributed by atoms with Gasteiger partial charge in [0.1, 0.15) is 0 Å². The zero-order valence-corrected chi connectivity index (χ0v) is 11.2. The van der Waals surface area contributed by atoms with E-state index in [1.54, 1.807) is 19.1 Å². The van der Waals surface area contributed by atoms with Crippen LogP contribution in [0.4, 0.5) is 0 Å². The summed E-state index contributed by atoms with van der Waals surface area (Å²) in [6.07, 6.45) is 16.4. The molecule has 100 valence electrons. The second kappa shape index (κ2) is 11.9. The standard InChI is InChI=1S/C15H23NO2/c1-3-4-5-6-7-8-9-10-11-12-15(18)16-13-14(2)17/h5-12,14,17H,3-4,13H2,1-2H3,(H,16,18). The Hall–Kier alpha value is -1.61. The third-order valence-corrected chi connectivity index (χ3v) is 1.97. The van der Waals surface area contributed by atoms with Gasteiger partial charge in [0.2, 0.25) is 5.91 Å². The molecule has 0 bridgehead atoms. The van der Waals surface area contributed by atoms with Gasteiger partial charge in [-0.25, -0.2) is 0 Å². The molecular formula is C15H23NO2. The molecular weight excluding hydrogens is 226 g/mol. The highest BCUT2D eigenvalue weighted by atomic mass is 16.3. The first-order chi connectivity index (χ1) is 8.66. The van der Waals surface area contributed by atoms with Gasteiger partial charge in [0.05, 0.1) is 6.10 Å². The number of hydrogen-bond acceptors (Lipinski definition) is 2. The molecule has 0 fully saturated rings. The summed E-state index contributed by atoms with van der Waals surface area (Å²) in [7, 11) is 0. The molecule has 0 saturated heterocycles. The maximum absolute atomic E-state index is 11.2. The normalized spacial score (nSPS) is 14.2. The minimum absolute atomic E-state index is 0.202. The van der Waals surface area contributed by atoms with Gasteiger partial charge in [-0.05, 0) is 13.3 Å². The Morgan fingerprint density at radius 3 is 2.39 bits per heavy atom. The predicted molar refractivity (Wildman–Crippen MR) is 76.2 cm³/mol. The molecule has 1 unspecified atom stereocenters. The number of carbonyl (C=O) groups is 1. The van der Waals surface area contributed by atoms with E-state index in [1.165, 1.54) is 6.08 Å². The lowest BCUT2D eigenvalue weighted by Gasteiger charge is -2.03. The van der Waals surface area contributed by atoms with Gasteiger partial charge >= 0.3 is 0 Å². The van der Waals surface area contributed by atoms with Crippen molar-refractivity contribution >= 4 is 5.91 Å². The van der Waals surface area contributed by atoms with Crippen molar-refractivity contribution < 1.29 is 9.90 Å². The van der Waals surface area contributed by atoms with E-state index in [-0.39, 0.29) is 12.5 Å². The van der Waals surface area contributed by atoms with Gasteiger partial charge in [-0.3, -0.25) is 4.79 Å². The predicted octanol–water partition coefficient (Wildman–Crippen LogP) is 2.51. The summed E-state index contributed by atoms with van der Waals surface area (Å²) in [5.41, 5.74) is 0. The van der Waals surface area contributed by atoms with E-state index in [4.69, 9.17) is 5.11 Å². The minimum Gasteiger partial charge on any atom is -0.392 e. The van der Waals surface area contributed by atoms with Crippen LogP contribution in [0.1, 0.15) is 26.7 Å². The molecule has 0 aliphatic rings. The van der Waals surface area contributed by atoms with E-state index in [0.717, 1.165) is 12.8 Å². The maximum atomic E-state index is 11.2. The summed E-state index contributed by atoms with van der Waals surface area (Å²) >= 11 is 0. The highest BCUT2D eigenvalue weighted by Gasteiger charge is 1.96. The van der Waals surface area contributed by atoms with Crippen LogP contribution in [-0.2, 0) is 4.79 Å². The highest BCUT2D eigenvalue weighted by molar-refractivity contribution is 5.87. The first-order valence-corrected chi connectivity index (χ1v) is 6.29. The largest absolute Gasteiger partial charge is 0.392 e. The number of hydrogen-bond donors (Lipinski definition) is 2. The lowest BCUT2D eigenvalue weighted by molar-refractivity contribution is -0.116. The van der Waals surface area contributed by atoms with Gasteiger partial charge in [-0.15, -0.1) is 0 Å². The highest BCUT2D eigenvalue weighted by Crippen LogP contribution is 1.89. The second-order valence-electron chi connectivity index (χ2n) is 3.94. The SMILES string of the molecule is CCCC=CC=CC=CC=CC(=O)NCC(C)O. The molecule has 0 radical (unpaired) electrons. The van der Waals surface area contributed by atoms with Crippen molar-refractivity contribution in [1.29, 1.82) is 0 Å². The Kier molecular flexibility index (Phi) is 10.8. The van der Waals surface area contributed by atoms with Crippen molar-refractivity contribution in [1.82, 2.24) is 5.32 Å². The van der Waals surface area contributed by atoms with Crippen LogP contribution in [0, 0.1) is 0 Å². The van der Waals surface area contributed by atoms with Crippen LogP contribution < -0.4 is 5.32 Å². The fourth-order valence-electron chi connectivity index (χ4n) is 1.05. The molecule has 3 nitrogen and oxygen atoms in total. The van der Waals surface area contributed by atoms with Crippen LogP contribution in [0.5, 0.6) is 0 Å². The van der Waals surface area contributed by atoms with Gasteiger partial charge in [0.25, 0.3) is 0 Å². The summed E-state index contributed by atoms with van der Waals surface area (Å²) in [5.74, 6) is -0.202. The van der Waals surface area contributed by atoms with E-state index in [0.29, 0.717) is 0 Å². The van der Waals surface area contributed by atoms with Crippen molar-refractivity contribution in [3.8, 4) is 0 Å². The zero-order chi connectivity index (χ0) is 13.6. The van der Waals surface area contributed by atoms with Crippen LogP contribution in [-0.4, -0.2) is 23.7 Å². The summed E-state index contributed by atoms with van der Waals surface area (Å²) in [4.78, 5) is 11.2. The van der Waals surface area contributed by atoms with Gasteiger partial charge in [0, 0.05) is 12.6 Å². The van der Waals surface area contributed by atoms with Crippen LogP contribution in [0.25, 0.3) is 0 Å². The number of aliphatic hydroxyl groups excluding tert-OH is 1. The zero-order valence-electron chi connectivity index (χ0n) is 11.2.